The lowest BCUT2D eigenvalue weighted by Crippen LogP contribution is -2.25. The number of ether oxygens (including phenoxy) is 1. The van der Waals surface area contributed by atoms with Crippen molar-refractivity contribution in [1.82, 2.24) is 0 Å². The van der Waals surface area contributed by atoms with Crippen molar-refractivity contribution in [3.05, 3.63) is 6.10 Å². The molecule has 0 aromatic heterocycles. The normalized spacial score (nSPS) is 36.5. The molecule has 2 fully saturated rings. The third-order valence-electron chi connectivity index (χ3n) is 3.13. The van der Waals surface area contributed by atoms with Crippen molar-refractivity contribution in [2.24, 2.45) is 17.3 Å². The van der Waals surface area contributed by atoms with E-state index in [0.717, 1.165) is 0 Å². The monoisotopic (exact) mass is 181 g/mol. The second-order valence-corrected chi connectivity index (χ2v) is 4.27. The summed E-state index contributed by atoms with van der Waals surface area (Å²) >= 11 is 0. The first-order chi connectivity index (χ1) is 6.01. The molecule has 2 aliphatic carbocycles. The molecule has 2 saturated carbocycles. The molecule has 0 amide bonds. The Morgan fingerprint density at radius 1 is 1.23 bits per heavy atom. The summed E-state index contributed by atoms with van der Waals surface area (Å²) in [5.74, 6) is -0.355. The van der Waals surface area contributed by atoms with Gasteiger partial charge in [-0.15, -0.1) is 0 Å². The summed E-state index contributed by atoms with van der Waals surface area (Å²) in [4.78, 5) is 23.2. The van der Waals surface area contributed by atoms with Gasteiger partial charge in [0.1, 0.15) is 0 Å². The first-order valence-corrected chi connectivity index (χ1v) is 4.60. The van der Waals surface area contributed by atoms with Crippen LogP contribution in [0.15, 0.2) is 0 Å². The summed E-state index contributed by atoms with van der Waals surface area (Å²) in [6.07, 6.45) is 0.0943. The van der Waals surface area contributed by atoms with E-state index in [1.807, 2.05) is 13.8 Å². The van der Waals surface area contributed by atoms with E-state index in [-0.39, 0.29) is 34.9 Å². The molecule has 0 aromatic rings. The summed E-state index contributed by atoms with van der Waals surface area (Å²) in [6.45, 7) is 6.09. The lowest BCUT2D eigenvalue weighted by molar-refractivity contribution is -0.131. The van der Waals surface area contributed by atoms with Crippen molar-refractivity contribution in [1.29, 1.82) is 0 Å². The van der Waals surface area contributed by atoms with E-state index in [4.69, 9.17) is 4.74 Å². The predicted molar refractivity (Wildman–Crippen MR) is 45.6 cm³/mol. The molecule has 3 heteroatoms. The van der Waals surface area contributed by atoms with Crippen molar-refractivity contribution >= 4 is 11.6 Å². The SMILES string of the molecule is CCO[C]1C(=O)C2C(C1=O)C2(C)C. The van der Waals surface area contributed by atoms with Crippen molar-refractivity contribution in [2.75, 3.05) is 6.61 Å². The van der Waals surface area contributed by atoms with Crippen LogP contribution in [0.3, 0.4) is 0 Å². The maximum atomic E-state index is 11.6. The average Bonchev–Trinajstić information content (AvgIpc) is 2.51. The Morgan fingerprint density at radius 2 is 1.69 bits per heavy atom. The van der Waals surface area contributed by atoms with Crippen LogP contribution in [0.5, 0.6) is 0 Å². The van der Waals surface area contributed by atoms with Crippen LogP contribution in [0.2, 0.25) is 0 Å². The summed E-state index contributed by atoms with van der Waals surface area (Å²) in [7, 11) is 0. The summed E-state index contributed by atoms with van der Waals surface area (Å²) < 4.78 is 5.04. The van der Waals surface area contributed by atoms with Crippen LogP contribution in [0.25, 0.3) is 0 Å². The fourth-order valence-electron chi connectivity index (χ4n) is 2.31. The zero-order chi connectivity index (χ0) is 9.80. The zero-order valence-electron chi connectivity index (χ0n) is 8.09. The minimum atomic E-state index is -0.116. The van der Waals surface area contributed by atoms with Gasteiger partial charge in [-0.2, -0.15) is 0 Å². The Balaban J connectivity index is 2.18. The fraction of sp³-hybridized carbons (Fsp3) is 0.700. The largest absolute Gasteiger partial charge is 0.356 e. The van der Waals surface area contributed by atoms with Gasteiger partial charge in [0.05, 0.1) is 0 Å². The lowest BCUT2D eigenvalue weighted by atomic mass is 9.97. The minimum Gasteiger partial charge on any atom is -0.356 e. The number of hydrogen-bond acceptors (Lipinski definition) is 3. The van der Waals surface area contributed by atoms with E-state index >= 15 is 0 Å². The van der Waals surface area contributed by atoms with Gasteiger partial charge in [-0.05, 0) is 12.3 Å². The highest BCUT2D eigenvalue weighted by Gasteiger charge is 2.73. The van der Waals surface area contributed by atoms with Gasteiger partial charge in [-0.1, -0.05) is 13.8 Å². The molecule has 3 nitrogen and oxygen atoms in total. The smallest absolute Gasteiger partial charge is 0.228 e. The summed E-state index contributed by atoms with van der Waals surface area (Å²) in [6, 6.07) is 0. The molecule has 0 aliphatic heterocycles. The molecule has 2 atom stereocenters. The van der Waals surface area contributed by atoms with Crippen molar-refractivity contribution in [3.8, 4) is 0 Å². The molecule has 0 heterocycles. The van der Waals surface area contributed by atoms with Crippen LogP contribution in [0, 0.1) is 23.4 Å². The number of rotatable bonds is 2. The Kier molecular flexibility index (Phi) is 1.65. The van der Waals surface area contributed by atoms with Gasteiger partial charge >= 0.3 is 0 Å². The first kappa shape index (κ1) is 8.88. The molecule has 0 spiro atoms. The van der Waals surface area contributed by atoms with Crippen LogP contribution >= 0.6 is 0 Å². The van der Waals surface area contributed by atoms with Gasteiger partial charge in [0.25, 0.3) is 0 Å². The van der Waals surface area contributed by atoms with Gasteiger partial charge in [-0.3, -0.25) is 9.59 Å². The van der Waals surface area contributed by atoms with Gasteiger partial charge in [0.15, 0.2) is 11.6 Å². The third kappa shape index (κ3) is 0.937. The van der Waals surface area contributed by atoms with E-state index < -0.39 is 0 Å². The predicted octanol–water partition coefficient (Wildman–Crippen LogP) is 0.979. The van der Waals surface area contributed by atoms with Gasteiger partial charge in [-0.25, -0.2) is 0 Å². The minimum absolute atomic E-state index is 0.0816. The molecule has 0 aromatic carbocycles. The lowest BCUT2D eigenvalue weighted by Gasteiger charge is -2.13. The summed E-state index contributed by atoms with van der Waals surface area (Å²) in [5, 5.41) is 0. The van der Waals surface area contributed by atoms with E-state index in [0.29, 0.717) is 6.61 Å². The van der Waals surface area contributed by atoms with Gasteiger partial charge < -0.3 is 4.74 Å². The average molecular weight is 181 g/mol. The Labute approximate surface area is 77.4 Å². The molecule has 0 saturated heterocycles. The van der Waals surface area contributed by atoms with Crippen LogP contribution in [-0.2, 0) is 14.3 Å². The quantitative estimate of drug-likeness (QED) is 0.637. The Morgan fingerprint density at radius 3 is 2.08 bits per heavy atom. The molecule has 71 valence electrons. The van der Waals surface area contributed by atoms with Crippen molar-refractivity contribution in [2.45, 2.75) is 20.8 Å². The molecule has 2 unspecified atom stereocenters. The number of carbonyl (C=O) groups excluding carboxylic acids is 2. The molecule has 2 rings (SSSR count). The highest BCUT2D eigenvalue weighted by molar-refractivity contribution is 6.26. The van der Waals surface area contributed by atoms with E-state index in [1.165, 1.54) is 0 Å². The molecular weight excluding hydrogens is 168 g/mol. The molecule has 2 aliphatic rings. The molecule has 1 radical (unpaired) electrons. The standard InChI is InChI=1S/C10H13O3/c1-4-13-9-7(11)5-6(8(9)12)10(5,2)3/h5-6H,4H2,1-3H3. The zero-order valence-corrected chi connectivity index (χ0v) is 8.09. The second kappa shape index (κ2) is 2.41. The Hall–Kier alpha value is -0.700. The van der Waals surface area contributed by atoms with Gasteiger partial charge in [0.2, 0.25) is 6.10 Å². The second-order valence-electron chi connectivity index (χ2n) is 4.27. The topological polar surface area (TPSA) is 43.4 Å². The van der Waals surface area contributed by atoms with Crippen LogP contribution in [0.4, 0.5) is 0 Å². The van der Waals surface area contributed by atoms with E-state index in [2.05, 4.69) is 0 Å². The van der Waals surface area contributed by atoms with Crippen LogP contribution < -0.4 is 0 Å². The van der Waals surface area contributed by atoms with Crippen molar-refractivity contribution < 1.29 is 14.3 Å². The number of carbonyl (C=O) groups is 2. The van der Waals surface area contributed by atoms with E-state index in [9.17, 15) is 9.59 Å². The number of ketones is 2. The first-order valence-electron chi connectivity index (χ1n) is 4.60. The van der Waals surface area contributed by atoms with E-state index in [1.54, 1.807) is 6.92 Å². The number of Topliss-reactive ketones (excluding diaryl/α,β-unsaturated/α-hetero) is 2. The molecule has 13 heavy (non-hydrogen) atoms. The molecule has 0 N–H and O–H groups in total. The molecule has 0 bridgehead atoms. The van der Waals surface area contributed by atoms with Gasteiger partial charge in [0, 0.05) is 18.4 Å². The Bertz CT molecular complexity index is 256. The highest BCUT2D eigenvalue weighted by Crippen LogP contribution is 2.65. The maximum absolute atomic E-state index is 11.6. The summed E-state index contributed by atoms with van der Waals surface area (Å²) in [5.41, 5.74) is -0.116. The highest BCUT2D eigenvalue weighted by atomic mass is 16.5. The number of fused-ring (bicyclic) bond motifs is 1. The third-order valence-corrected chi connectivity index (χ3v) is 3.13. The number of hydrogen-bond donors (Lipinski definition) is 0. The maximum Gasteiger partial charge on any atom is 0.228 e. The van der Waals surface area contributed by atoms with Crippen LogP contribution in [0.1, 0.15) is 20.8 Å². The molecular formula is C10H13O3. The fourth-order valence-corrected chi connectivity index (χ4v) is 2.31. The van der Waals surface area contributed by atoms with Crippen LogP contribution in [-0.4, -0.2) is 18.2 Å². The van der Waals surface area contributed by atoms with Crippen molar-refractivity contribution in [3.63, 3.8) is 0 Å².